The van der Waals surface area contributed by atoms with E-state index in [1.54, 1.807) is 0 Å². The summed E-state index contributed by atoms with van der Waals surface area (Å²) in [6, 6.07) is 0. The van der Waals surface area contributed by atoms with Crippen molar-refractivity contribution in [3.8, 4) is 0 Å². The molecule has 1 aliphatic carbocycles. The van der Waals surface area contributed by atoms with Gasteiger partial charge in [-0.3, -0.25) is 0 Å². The van der Waals surface area contributed by atoms with Gasteiger partial charge in [0.15, 0.2) is 0 Å². The second kappa shape index (κ2) is 3.75. The fourth-order valence-electron chi connectivity index (χ4n) is 1.84. The molecule has 0 heterocycles. The number of halogens is 1. The topological polar surface area (TPSA) is 0 Å². The molecule has 0 N–H and O–H groups in total. The zero-order valence-corrected chi connectivity index (χ0v) is 8.52. The maximum absolute atomic E-state index is 3.71. The number of hydrogen-bond donors (Lipinski definition) is 0. The van der Waals surface area contributed by atoms with Crippen LogP contribution in [0, 0.1) is 11.8 Å². The SMILES string of the molecule is CCC1CCC(Br)C(C)C1. The van der Waals surface area contributed by atoms with E-state index in [9.17, 15) is 0 Å². The molecule has 3 unspecified atom stereocenters. The molecule has 0 bridgehead atoms. The van der Waals surface area contributed by atoms with Crippen LogP contribution in [0.1, 0.15) is 39.5 Å². The van der Waals surface area contributed by atoms with Gasteiger partial charge < -0.3 is 0 Å². The van der Waals surface area contributed by atoms with Crippen molar-refractivity contribution >= 4 is 15.9 Å². The Morgan fingerprint density at radius 1 is 1.40 bits per heavy atom. The lowest BCUT2D eigenvalue weighted by atomic mass is 9.81. The van der Waals surface area contributed by atoms with E-state index in [1.165, 1.54) is 25.7 Å². The van der Waals surface area contributed by atoms with E-state index in [0.29, 0.717) is 0 Å². The standard InChI is InChI=1S/C9H17Br/c1-3-8-4-5-9(10)7(2)6-8/h7-9H,3-6H2,1-2H3. The summed E-state index contributed by atoms with van der Waals surface area (Å²) >= 11 is 3.71. The van der Waals surface area contributed by atoms with Crippen molar-refractivity contribution in [1.29, 1.82) is 0 Å². The summed E-state index contributed by atoms with van der Waals surface area (Å²) in [6.07, 6.45) is 5.65. The van der Waals surface area contributed by atoms with Gasteiger partial charge in [0, 0.05) is 4.83 Å². The van der Waals surface area contributed by atoms with E-state index >= 15 is 0 Å². The van der Waals surface area contributed by atoms with Crippen molar-refractivity contribution in [3.63, 3.8) is 0 Å². The predicted molar refractivity (Wildman–Crippen MR) is 49.5 cm³/mol. The van der Waals surface area contributed by atoms with Crippen LogP contribution >= 0.6 is 15.9 Å². The van der Waals surface area contributed by atoms with Crippen LogP contribution in [0.4, 0.5) is 0 Å². The molecule has 0 aromatic heterocycles. The lowest BCUT2D eigenvalue weighted by Crippen LogP contribution is -2.22. The Labute approximate surface area is 72.5 Å². The van der Waals surface area contributed by atoms with E-state index in [0.717, 1.165) is 16.7 Å². The Kier molecular flexibility index (Phi) is 3.22. The van der Waals surface area contributed by atoms with Crippen LogP contribution in [-0.2, 0) is 0 Å². The van der Waals surface area contributed by atoms with Crippen molar-refractivity contribution in [2.24, 2.45) is 11.8 Å². The van der Waals surface area contributed by atoms with Crippen molar-refractivity contribution in [2.45, 2.75) is 44.4 Å². The van der Waals surface area contributed by atoms with Crippen LogP contribution in [0.2, 0.25) is 0 Å². The van der Waals surface area contributed by atoms with Crippen LogP contribution in [0.15, 0.2) is 0 Å². The maximum Gasteiger partial charge on any atom is 0.0171 e. The Morgan fingerprint density at radius 3 is 2.60 bits per heavy atom. The molecule has 0 saturated heterocycles. The smallest absolute Gasteiger partial charge is 0.0171 e. The number of rotatable bonds is 1. The zero-order chi connectivity index (χ0) is 7.56. The molecule has 0 aromatic carbocycles. The van der Waals surface area contributed by atoms with Crippen molar-refractivity contribution < 1.29 is 0 Å². The summed E-state index contributed by atoms with van der Waals surface area (Å²) in [5, 5.41) is 0. The summed E-state index contributed by atoms with van der Waals surface area (Å²) in [4.78, 5) is 0.801. The minimum atomic E-state index is 0.801. The van der Waals surface area contributed by atoms with Gasteiger partial charge >= 0.3 is 0 Å². The molecule has 3 atom stereocenters. The molecule has 0 aromatic rings. The minimum absolute atomic E-state index is 0.801. The first-order chi connectivity index (χ1) is 4.74. The molecule has 1 heteroatoms. The summed E-state index contributed by atoms with van der Waals surface area (Å²) in [5.41, 5.74) is 0. The zero-order valence-electron chi connectivity index (χ0n) is 6.94. The lowest BCUT2D eigenvalue weighted by molar-refractivity contribution is 0.288. The van der Waals surface area contributed by atoms with Crippen LogP contribution < -0.4 is 0 Å². The molecule has 0 aliphatic heterocycles. The third-order valence-electron chi connectivity index (χ3n) is 2.75. The monoisotopic (exact) mass is 204 g/mol. The molecule has 10 heavy (non-hydrogen) atoms. The Morgan fingerprint density at radius 2 is 2.10 bits per heavy atom. The van der Waals surface area contributed by atoms with Gasteiger partial charge in [0.25, 0.3) is 0 Å². The highest BCUT2D eigenvalue weighted by Crippen LogP contribution is 2.34. The van der Waals surface area contributed by atoms with Crippen molar-refractivity contribution in [2.75, 3.05) is 0 Å². The van der Waals surface area contributed by atoms with Gasteiger partial charge in [0.2, 0.25) is 0 Å². The van der Waals surface area contributed by atoms with E-state index < -0.39 is 0 Å². The van der Waals surface area contributed by atoms with Crippen LogP contribution in [0.5, 0.6) is 0 Å². The van der Waals surface area contributed by atoms with Crippen LogP contribution in [0.3, 0.4) is 0 Å². The molecule has 0 spiro atoms. The first kappa shape index (κ1) is 8.58. The van der Waals surface area contributed by atoms with Gasteiger partial charge in [-0.2, -0.15) is 0 Å². The van der Waals surface area contributed by atoms with Gasteiger partial charge in [-0.25, -0.2) is 0 Å². The molecule has 1 fully saturated rings. The minimum Gasteiger partial charge on any atom is -0.0888 e. The van der Waals surface area contributed by atoms with Gasteiger partial charge in [-0.1, -0.05) is 36.2 Å². The normalized spacial score (nSPS) is 41.7. The second-order valence-electron chi connectivity index (χ2n) is 3.58. The van der Waals surface area contributed by atoms with Crippen LogP contribution in [0.25, 0.3) is 0 Å². The number of hydrogen-bond acceptors (Lipinski definition) is 0. The molecule has 1 rings (SSSR count). The average Bonchev–Trinajstić information content (AvgIpc) is 1.95. The molecular formula is C9H17Br. The molecule has 0 radical (unpaired) electrons. The van der Waals surface area contributed by atoms with Gasteiger partial charge in [0.1, 0.15) is 0 Å². The molecule has 1 saturated carbocycles. The summed E-state index contributed by atoms with van der Waals surface area (Å²) in [5.74, 6) is 1.92. The molecule has 1 aliphatic rings. The Hall–Kier alpha value is 0.480. The average molecular weight is 205 g/mol. The Bertz CT molecular complexity index is 101. The second-order valence-corrected chi connectivity index (χ2v) is 4.76. The highest BCUT2D eigenvalue weighted by atomic mass is 79.9. The third kappa shape index (κ3) is 1.98. The highest BCUT2D eigenvalue weighted by Gasteiger charge is 2.23. The van der Waals surface area contributed by atoms with Crippen LogP contribution in [-0.4, -0.2) is 4.83 Å². The Balaban J connectivity index is 2.33. The van der Waals surface area contributed by atoms with Gasteiger partial charge in [0.05, 0.1) is 0 Å². The fraction of sp³-hybridized carbons (Fsp3) is 1.00. The van der Waals surface area contributed by atoms with E-state index in [-0.39, 0.29) is 0 Å². The van der Waals surface area contributed by atoms with E-state index in [1.807, 2.05) is 0 Å². The quantitative estimate of drug-likeness (QED) is 0.574. The molecular weight excluding hydrogens is 188 g/mol. The van der Waals surface area contributed by atoms with Crippen molar-refractivity contribution in [3.05, 3.63) is 0 Å². The fourth-order valence-corrected chi connectivity index (χ4v) is 2.32. The predicted octanol–water partition coefficient (Wildman–Crippen LogP) is 3.60. The highest BCUT2D eigenvalue weighted by molar-refractivity contribution is 9.09. The first-order valence-electron chi connectivity index (χ1n) is 4.38. The molecule has 60 valence electrons. The molecule has 0 nitrogen and oxygen atoms in total. The third-order valence-corrected chi connectivity index (χ3v) is 4.11. The van der Waals surface area contributed by atoms with Gasteiger partial charge in [-0.15, -0.1) is 0 Å². The lowest BCUT2D eigenvalue weighted by Gasteiger charge is -2.30. The van der Waals surface area contributed by atoms with E-state index in [2.05, 4.69) is 29.8 Å². The van der Waals surface area contributed by atoms with E-state index in [4.69, 9.17) is 0 Å². The first-order valence-corrected chi connectivity index (χ1v) is 5.29. The number of alkyl halides is 1. The van der Waals surface area contributed by atoms with Crippen molar-refractivity contribution in [1.82, 2.24) is 0 Å². The summed E-state index contributed by atoms with van der Waals surface area (Å²) < 4.78 is 0. The molecule has 0 amide bonds. The largest absolute Gasteiger partial charge is 0.0888 e. The van der Waals surface area contributed by atoms with Gasteiger partial charge in [-0.05, 0) is 31.1 Å². The summed E-state index contributed by atoms with van der Waals surface area (Å²) in [6.45, 7) is 4.67. The summed E-state index contributed by atoms with van der Waals surface area (Å²) in [7, 11) is 0. The maximum atomic E-state index is 3.71.